The predicted molar refractivity (Wildman–Crippen MR) is 68.2 cm³/mol. The lowest BCUT2D eigenvalue weighted by Crippen LogP contribution is -2.12. The van der Waals surface area contributed by atoms with Crippen molar-refractivity contribution < 1.29 is 9.90 Å². The molecule has 2 N–H and O–H groups in total. The molecule has 0 saturated heterocycles. The van der Waals surface area contributed by atoms with E-state index >= 15 is 0 Å². The molecule has 2 rings (SSSR count). The van der Waals surface area contributed by atoms with Crippen molar-refractivity contribution in [2.75, 3.05) is 5.32 Å². The molecule has 18 heavy (non-hydrogen) atoms. The average molecular weight is 245 g/mol. The van der Waals surface area contributed by atoms with Crippen molar-refractivity contribution in [1.82, 2.24) is 9.55 Å². The molecular formula is C13H15N3O2. The first-order chi connectivity index (χ1) is 8.56. The molecule has 2 aromatic rings. The second-order valence-corrected chi connectivity index (χ2v) is 4.18. The fraction of sp³-hybridized carbons (Fsp3) is 0.231. The standard InChI is InChI=1S/C13H15N3O2/c1-9(17)10-4-3-5-11(6-10)15-13(18)12-7-16(2)8-14-12/h3-9,17H,1-2H3,(H,15,18). The summed E-state index contributed by atoms with van der Waals surface area (Å²) in [6.07, 6.45) is 2.66. The van der Waals surface area contributed by atoms with Gasteiger partial charge in [-0.1, -0.05) is 12.1 Å². The van der Waals surface area contributed by atoms with Crippen LogP contribution in [0.25, 0.3) is 0 Å². The van der Waals surface area contributed by atoms with Crippen LogP contribution in [-0.4, -0.2) is 20.6 Å². The number of imidazole rings is 1. The highest BCUT2D eigenvalue weighted by Gasteiger charge is 2.09. The highest BCUT2D eigenvalue weighted by Crippen LogP contribution is 2.17. The molecule has 0 saturated carbocycles. The van der Waals surface area contributed by atoms with Crippen LogP contribution in [0.1, 0.15) is 29.1 Å². The number of carbonyl (C=O) groups excluding carboxylic acids is 1. The molecule has 0 aliphatic carbocycles. The van der Waals surface area contributed by atoms with Crippen molar-refractivity contribution in [3.8, 4) is 0 Å². The number of benzene rings is 1. The van der Waals surface area contributed by atoms with Crippen LogP contribution in [0.3, 0.4) is 0 Å². The molecule has 0 spiro atoms. The maximum atomic E-state index is 11.9. The first-order valence-corrected chi connectivity index (χ1v) is 5.63. The quantitative estimate of drug-likeness (QED) is 0.865. The predicted octanol–water partition coefficient (Wildman–Crippen LogP) is 1.73. The summed E-state index contributed by atoms with van der Waals surface area (Å²) in [4.78, 5) is 15.8. The Balaban J connectivity index is 2.14. The van der Waals surface area contributed by atoms with Crippen molar-refractivity contribution >= 4 is 11.6 Å². The van der Waals surface area contributed by atoms with Gasteiger partial charge in [-0.3, -0.25) is 4.79 Å². The van der Waals surface area contributed by atoms with E-state index in [1.165, 1.54) is 0 Å². The summed E-state index contributed by atoms with van der Waals surface area (Å²) in [7, 11) is 1.80. The lowest BCUT2D eigenvalue weighted by molar-refractivity contribution is 0.102. The fourth-order valence-electron chi connectivity index (χ4n) is 1.60. The molecule has 1 amide bonds. The van der Waals surface area contributed by atoms with Crippen molar-refractivity contribution in [3.05, 3.63) is 48.0 Å². The maximum absolute atomic E-state index is 11.9. The topological polar surface area (TPSA) is 67.2 Å². The SMILES string of the molecule is CC(O)c1cccc(NC(=O)c2cn(C)cn2)c1. The number of rotatable bonds is 3. The van der Waals surface area contributed by atoms with Crippen LogP contribution in [0.4, 0.5) is 5.69 Å². The molecule has 5 heteroatoms. The van der Waals surface area contributed by atoms with Crippen molar-refractivity contribution in [2.24, 2.45) is 7.05 Å². The van der Waals surface area contributed by atoms with E-state index in [0.29, 0.717) is 11.4 Å². The summed E-state index contributed by atoms with van der Waals surface area (Å²) in [6.45, 7) is 1.68. The minimum absolute atomic E-state index is 0.265. The number of aryl methyl sites for hydroxylation is 1. The van der Waals surface area contributed by atoms with E-state index in [-0.39, 0.29) is 5.91 Å². The third kappa shape index (κ3) is 2.75. The van der Waals surface area contributed by atoms with Crippen LogP contribution in [0.5, 0.6) is 0 Å². The number of aliphatic hydroxyl groups is 1. The summed E-state index contributed by atoms with van der Waals surface area (Å²) in [5, 5.41) is 12.2. The zero-order chi connectivity index (χ0) is 13.1. The van der Waals surface area contributed by atoms with Gasteiger partial charge in [0.25, 0.3) is 5.91 Å². The zero-order valence-corrected chi connectivity index (χ0v) is 10.3. The average Bonchev–Trinajstić information content (AvgIpc) is 2.76. The van der Waals surface area contributed by atoms with Gasteiger partial charge >= 0.3 is 0 Å². The number of aliphatic hydroxyl groups excluding tert-OH is 1. The van der Waals surface area contributed by atoms with Crippen molar-refractivity contribution in [3.63, 3.8) is 0 Å². The third-order valence-corrected chi connectivity index (χ3v) is 2.56. The number of hydrogen-bond acceptors (Lipinski definition) is 3. The summed E-state index contributed by atoms with van der Waals surface area (Å²) >= 11 is 0. The third-order valence-electron chi connectivity index (χ3n) is 2.56. The highest BCUT2D eigenvalue weighted by molar-refractivity contribution is 6.02. The lowest BCUT2D eigenvalue weighted by atomic mass is 10.1. The van der Waals surface area contributed by atoms with Crippen LogP contribution in [0, 0.1) is 0 Å². The van der Waals surface area contributed by atoms with Crippen LogP contribution in [0.15, 0.2) is 36.8 Å². The van der Waals surface area contributed by atoms with E-state index in [4.69, 9.17) is 0 Å². The minimum Gasteiger partial charge on any atom is -0.389 e. The molecule has 1 aromatic heterocycles. The molecule has 94 valence electrons. The summed E-state index contributed by atoms with van der Waals surface area (Å²) in [5.74, 6) is -0.265. The van der Waals surface area contributed by atoms with Crippen molar-refractivity contribution in [1.29, 1.82) is 0 Å². The van der Waals surface area contributed by atoms with E-state index < -0.39 is 6.10 Å². The van der Waals surface area contributed by atoms with E-state index in [2.05, 4.69) is 10.3 Å². The van der Waals surface area contributed by atoms with Gasteiger partial charge in [-0.2, -0.15) is 0 Å². The Kier molecular flexibility index (Phi) is 3.43. The fourth-order valence-corrected chi connectivity index (χ4v) is 1.60. The lowest BCUT2D eigenvalue weighted by Gasteiger charge is -2.08. The molecular weight excluding hydrogens is 230 g/mol. The molecule has 0 radical (unpaired) electrons. The van der Waals surface area contributed by atoms with Gasteiger partial charge in [0.1, 0.15) is 5.69 Å². The number of anilines is 1. The zero-order valence-electron chi connectivity index (χ0n) is 10.3. The monoisotopic (exact) mass is 245 g/mol. The van der Waals surface area contributed by atoms with Gasteiger partial charge in [-0.15, -0.1) is 0 Å². The van der Waals surface area contributed by atoms with E-state index in [1.807, 2.05) is 0 Å². The van der Waals surface area contributed by atoms with Crippen LogP contribution < -0.4 is 5.32 Å². The first-order valence-electron chi connectivity index (χ1n) is 5.63. The molecule has 5 nitrogen and oxygen atoms in total. The number of nitrogens with zero attached hydrogens (tertiary/aromatic N) is 2. The Labute approximate surface area is 105 Å². The second-order valence-electron chi connectivity index (χ2n) is 4.18. The van der Waals surface area contributed by atoms with Crippen LogP contribution >= 0.6 is 0 Å². The Morgan fingerprint density at radius 3 is 2.89 bits per heavy atom. The van der Waals surface area contributed by atoms with Gasteiger partial charge in [0.15, 0.2) is 0 Å². The van der Waals surface area contributed by atoms with E-state index in [1.54, 1.807) is 55.3 Å². The van der Waals surface area contributed by atoms with Gasteiger partial charge in [0.05, 0.1) is 12.4 Å². The smallest absolute Gasteiger partial charge is 0.275 e. The highest BCUT2D eigenvalue weighted by atomic mass is 16.3. The largest absolute Gasteiger partial charge is 0.389 e. The number of nitrogens with one attached hydrogen (secondary N) is 1. The number of amides is 1. The Morgan fingerprint density at radius 2 is 2.28 bits per heavy atom. The van der Waals surface area contributed by atoms with E-state index in [9.17, 15) is 9.90 Å². The molecule has 1 heterocycles. The molecule has 1 atom stereocenters. The van der Waals surface area contributed by atoms with Gasteiger partial charge in [-0.25, -0.2) is 4.98 Å². The van der Waals surface area contributed by atoms with Gasteiger partial charge in [-0.05, 0) is 24.6 Å². The number of aromatic nitrogens is 2. The molecule has 0 bridgehead atoms. The Hall–Kier alpha value is -2.14. The Bertz CT molecular complexity index is 561. The summed E-state index contributed by atoms with van der Waals surface area (Å²) in [6, 6.07) is 7.11. The molecule has 1 unspecified atom stereocenters. The molecule has 0 fully saturated rings. The number of hydrogen-bond donors (Lipinski definition) is 2. The minimum atomic E-state index is -0.559. The summed E-state index contributed by atoms with van der Waals surface area (Å²) < 4.78 is 1.71. The van der Waals surface area contributed by atoms with Gasteiger partial charge in [0.2, 0.25) is 0 Å². The Morgan fingerprint density at radius 1 is 1.50 bits per heavy atom. The van der Waals surface area contributed by atoms with Crippen molar-refractivity contribution in [2.45, 2.75) is 13.0 Å². The molecule has 1 aromatic carbocycles. The van der Waals surface area contributed by atoms with Gasteiger partial charge < -0.3 is 15.0 Å². The van der Waals surface area contributed by atoms with Crippen LogP contribution in [0.2, 0.25) is 0 Å². The molecule has 0 aliphatic heterocycles. The first kappa shape index (κ1) is 12.3. The normalized spacial score (nSPS) is 12.2. The molecule has 0 aliphatic rings. The summed E-state index contributed by atoms with van der Waals surface area (Å²) in [5.41, 5.74) is 1.76. The van der Waals surface area contributed by atoms with Crippen LogP contribution in [-0.2, 0) is 7.05 Å². The van der Waals surface area contributed by atoms with Gasteiger partial charge in [0, 0.05) is 18.9 Å². The second kappa shape index (κ2) is 5.01. The maximum Gasteiger partial charge on any atom is 0.275 e. The number of carbonyl (C=O) groups is 1. The van der Waals surface area contributed by atoms with E-state index in [0.717, 1.165) is 5.56 Å².